The van der Waals surface area contributed by atoms with Gasteiger partial charge in [0.1, 0.15) is 0 Å². The molecular weight excluding hydrogens is 312 g/mol. The van der Waals surface area contributed by atoms with Gasteiger partial charge in [-0.2, -0.15) is 4.98 Å². The van der Waals surface area contributed by atoms with Crippen molar-refractivity contribution in [2.75, 3.05) is 17.2 Å². The Kier molecular flexibility index (Phi) is 4.14. The minimum atomic E-state index is 0.647. The zero-order valence-corrected chi connectivity index (χ0v) is 14.4. The predicted molar refractivity (Wildman–Crippen MR) is 98.5 cm³/mol. The summed E-state index contributed by atoms with van der Waals surface area (Å²) in [6.07, 6.45) is 2.79. The summed E-state index contributed by atoms with van der Waals surface area (Å²) in [5.74, 6) is 1.38. The number of anilines is 2. The Labute approximate surface area is 147 Å². The van der Waals surface area contributed by atoms with Gasteiger partial charge < -0.3 is 15.2 Å². The summed E-state index contributed by atoms with van der Waals surface area (Å²) >= 11 is 0. The fourth-order valence-electron chi connectivity index (χ4n) is 3.46. The van der Waals surface area contributed by atoms with Gasteiger partial charge in [-0.3, -0.25) is 0 Å². The SMILES string of the molecule is Cc1ccccc1Cc1nc(CN2CCCc3c(N)cccc32)no1. The fraction of sp³-hybridized carbons (Fsp3) is 0.300. The molecule has 0 radical (unpaired) electrons. The average molecular weight is 334 g/mol. The molecule has 2 aromatic carbocycles. The van der Waals surface area contributed by atoms with Gasteiger partial charge in [-0.05, 0) is 48.6 Å². The molecule has 5 nitrogen and oxygen atoms in total. The molecule has 0 fully saturated rings. The van der Waals surface area contributed by atoms with E-state index in [1.54, 1.807) is 0 Å². The molecule has 0 amide bonds. The van der Waals surface area contributed by atoms with Crippen molar-refractivity contribution in [3.8, 4) is 0 Å². The van der Waals surface area contributed by atoms with E-state index in [1.807, 2.05) is 24.3 Å². The van der Waals surface area contributed by atoms with Gasteiger partial charge in [0, 0.05) is 17.9 Å². The van der Waals surface area contributed by atoms with Gasteiger partial charge in [-0.1, -0.05) is 35.5 Å². The van der Waals surface area contributed by atoms with E-state index in [0.29, 0.717) is 18.9 Å². The Morgan fingerprint density at radius 2 is 2.04 bits per heavy atom. The summed E-state index contributed by atoms with van der Waals surface area (Å²) in [6, 6.07) is 14.4. The van der Waals surface area contributed by atoms with Crippen LogP contribution < -0.4 is 10.6 Å². The third-order valence-corrected chi connectivity index (χ3v) is 4.83. The lowest BCUT2D eigenvalue weighted by Gasteiger charge is -2.30. The molecule has 4 rings (SSSR count). The first-order chi connectivity index (χ1) is 12.2. The highest BCUT2D eigenvalue weighted by molar-refractivity contribution is 5.66. The first-order valence-electron chi connectivity index (χ1n) is 8.69. The molecule has 2 heterocycles. The molecule has 0 aliphatic carbocycles. The van der Waals surface area contributed by atoms with Crippen molar-refractivity contribution in [1.29, 1.82) is 0 Å². The highest BCUT2D eigenvalue weighted by Crippen LogP contribution is 2.31. The van der Waals surface area contributed by atoms with Gasteiger partial charge in [0.15, 0.2) is 5.82 Å². The molecule has 3 aromatic rings. The molecule has 2 N–H and O–H groups in total. The Morgan fingerprint density at radius 1 is 1.16 bits per heavy atom. The summed E-state index contributed by atoms with van der Waals surface area (Å²) in [6.45, 7) is 3.73. The fourth-order valence-corrected chi connectivity index (χ4v) is 3.46. The van der Waals surface area contributed by atoms with Crippen LogP contribution >= 0.6 is 0 Å². The van der Waals surface area contributed by atoms with Gasteiger partial charge in [0.25, 0.3) is 0 Å². The van der Waals surface area contributed by atoms with Crippen LogP contribution in [-0.4, -0.2) is 16.7 Å². The maximum atomic E-state index is 6.12. The molecule has 0 bridgehead atoms. The number of aryl methyl sites for hydroxylation is 1. The zero-order chi connectivity index (χ0) is 17.2. The number of benzene rings is 2. The van der Waals surface area contributed by atoms with Crippen LogP contribution in [0.5, 0.6) is 0 Å². The number of hydrogen-bond donors (Lipinski definition) is 1. The maximum Gasteiger partial charge on any atom is 0.231 e. The van der Waals surface area contributed by atoms with Crippen LogP contribution in [0.1, 0.15) is 34.8 Å². The summed E-state index contributed by atoms with van der Waals surface area (Å²) in [7, 11) is 0. The summed E-state index contributed by atoms with van der Waals surface area (Å²) < 4.78 is 5.46. The Hall–Kier alpha value is -2.82. The van der Waals surface area contributed by atoms with E-state index in [9.17, 15) is 0 Å². The lowest BCUT2D eigenvalue weighted by atomic mass is 10.00. The van der Waals surface area contributed by atoms with Crippen LogP contribution in [0.2, 0.25) is 0 Å². The zero-order valence-electron chi connectivity index (χ0n) is 14.4. The van der Waals surface area contributed by atoms with E-state index < -0.39 is 0 Å². The molecule has 0 saturated carbocycles. The molecule has 1 aromatic heterocycles. The third-order valence-electron chi connectivity index (χ3n) is 4.83. The Bertz CT molecular complexity index is 887. The lowest BCUT2D eigenvalue weighted by molar-refractivity contribution is 0.378. The first kappa shape index (κ1) is 15.7. The van der Waals surface area contributed by atoms with Gasteiger partial charge >= 0.3 is 0 Å². The summed E-state index contributed by atoms with van der Waals surface area (Å²) in [5, 5.41) is 4.17. The van der Waals surface area contributed by atoms with E-state index in [1.165, 1.54) is 22.4 Å². The smallest absolute Gasteiger partial charge is 0.231 e. The number of nitrogen functional groups attached to an aromatic ring is 1. The van der Waals surface area contributed by atoms with E-state index in [0.717, 1.165) is 30.9 Å². The molecule has 1 aliphatic heterocycles. The van der Waals surface area contributed by atoms with Crippen molar-refractivity contribution < 1.29 is 4.52 Å². The van der Waals surface area contributed by atoms with E-state index in [-0.39, 0.29) is 0 Å². The van der Waals surface area contributed by atoms with Gasteiger partial charge in [0.05, 0.1) is 13.0 Å². The number of nitrogens with zero attached hydrogens (tertiary/aromatic N) is 3. The minimum Gasteiger partial charge on any atom is -0.398 e. The summed E-state index contributed by atoms with van der Waals surface area (Å²) in [4.78, 5) is 6.87. The molecule has 128 valence electrons. The second-order valence-electron chi connectivity index (χ2n) is 6.58. The Morgan fingerprint density at radius 3 is 2.92 bits per heavy atom. The van der Waals surface area contributed by atoms with E-state index in [4.69, 9.17) is 10.3 Å². The number of aromatic nitrogens is 2. The van der Waals surface area contributed by atoms with Crippen LogP contribution in [0.25, 0.3) is 0 Å². The van der Waals surface area contributed by atoms with Crippen molar-refractivity contribution in [3.05, 3.63) is 70.9 Å². The summed E-state index contributed by atoms with van der Waals surface area (Å²) in [5.41, 5.74) is 11.9. The number of hydrogen-bond acceptors (Lipinski definition) is 5. The minimum absolute atomic E-state index is 0.647. The molecule has 0 spiro atoms. The lowest BCUT2D eigenvalue weighted by Crippen LogP contribution is -2.29. The van der Waals surface area contributed by atoms with Gasteiger partial charge in [0.2, 0.25) is 5.89 Å². The number of fused-ring (bicyclic) bond motifs is 1. The monoisotopic (exact) mass is 334 g/mol. The van der Waals surface area contributed by atoms with Crippen molar-refractivity contribution in [2.45, 2.75) is 32.7 Å². The van der Waals surface area contributed by atoms with Crippen LogP contribution in [0.3, 0.4) is 0 Å². The van der Waals surface area contributed by atoms with Crippen molar-refractivity contribution in [1.82, 2.24) is 10.1 Å². The highest BCUT2D eigenvalue weighted by atomic mass is 16.5. The second kappa shape index (κ2) is 6.59. The topological polar surface area (TPSA) is 68.2 Å². The molecular formula is C20H22N4O. The van der Waals surface area contributed by atoms with Crippen molar-refractivity contribution >= 4 is 11.4 Å². The quantitative estimate of drug-likeness (QED) is 0.740. The van der Waals surface area contributed by atoms with Crippen LogP contribution in [0.15, 0.2) is 47.0 Å². The normalized spacial score (nSPS) is 13.7. The Balaban J connectivity index is 1.51. The van der Waals surface area contributed by atoms with E-state index >= 15 is 0 Å². The standard InChI is InChI=1S/C20H22N4O/c1-14-6-2-3-7-15(14)12-20-22-19(23-25-20)13-24-11-5-8-16-17(21)9-4-10-18(16)24/h2-4,6-7,9-10H,5,8,11-13,21H2,1H3. The molecule has 0 saturated heterocycles. The van der Waals surface area contributed by atoms with Crippen LogP contribution in [-0.2, 0) is 19.4 Å². The third kappa shape index (κ3) is 3.22. The van der Waals surface area contributed by atoms with Gasteiger partial charge in [-0.25, -0.2) is 0 Å². The molecule has 0 unspecified atom stereocenters. The maximum absolute atomic E-state index is 6.12. The predicted octanol–water partition coefficient (Wildman–Crippen LogP) is 3.50. The average Bonchev–Trinajstić information content (AvgIpc) is 3.05. The van der Waals surface area contributed by atoms with Gasteiger partial charge in [-0.15, -0.1) is 0 Å². The van der Waals surface area contributed by atoms with Crippen molar-refractivity contribution in [3.63, 3.8) is 0 Å². The number of nitrogens with two attached hydrogens (primary N) is 1. The number of rotatable bonds is 4. The largest absolute Gasteiger partial charge is 0.398 e. The van der Waals surface area contributed by atoms with E-state index in [2.05, 4.69) is 40.2 Å². The molecule has 0 atom stereocenters. The molecule has 1 aliphatic rings. The molecule has 25 heavy (non-hydrogen) atoms. The highest BCUT2D eigenvalue weighted by Gasteiger charge is 2.20. The van der Waals surface area contributed by atoms with Crippen LogP contribution in [0, 0.1) is 6.92 Å². The second-order valence-corrected chi connectivity index (χ2v) is 6.58. The van der Waals surface area contributed by atoms with Crippen LogP contribution in [0.4, 0.5) is 11.4 Å². The molecule has 5 heteroatoms. The van der Waals surface area contributed by atoms with Crippen molar-refractivity contribution in [2.24, 2.45) is 0 Å². The first-order valence-corrected chi connectivity index (χ1v) is 8.69.